The fraction of sp³-hybridized carbons (Fsp3) is 0.611. The number of hydrogen-bond acceptors (Lipinski definition) is 4. The molecule has 1 aliphatic rings. The Morgan fingerprint density at radius 2 is 1.78 bits per heavy atom. The highest BCUT2D eigenvalue weighted by atomic mass is 16.6. The van der Waals surface area contributed by atoms with Crippen molar-refractivity contribution in [3.8, 4) is 0 Å². The second-order valence-electron chi connectivity index (χ2n) is 7.54. The summed E-state index contributed by atoms with van der Waals surface area (Å²) in [6, 6.07) is 6.16. The van der Waals surface area contributed by atoms with Gasteiger partial charge in [-0.3, -0.25) is 4.90 Å². The number of hydrogen-bond donors (Lipinski definition) is 1. The molecule has 5 nitrogen and oxygen atoms in total. The Bertz CT molecular complexity index is 568. The van der Waals surface area contributed by atoms with E-state index in [0.29, 0.717) is 0 Å². The molecule has 0 radical (unpaired) electrons. The van der Waals surface area contributed by atoms with Gasteiger partial charge in [0.25, 0.3) is 0 Å². The third kappa shape index (κ3) is 4.09. The maximum atomic E-state index is 12.5. The first-order valence-electron chi connectivity index (χ1n) is 8.21. The van der Waals surface area contributed by atoms with E-state index in [-0.39, 0.29) is 18.2 Å². The zero-order valence-electron chi connectivity index (χ0n) is 15.1. The van der Waals surface area contributed by atoms with Crippen LogP contribution in [0.4, 0.5) is 16.2 Å². The number of nitrogens with two attached hydrogens (primary N) is 1. The Morgan fingerprint density at radius 1 is 1.22 bits per heavy atom. The molecule has 1 unspecified atom stereocenters. The summed E-state index contributed by atoms with van der Waals surface area (Å²) in [5.41, 5.74) is 8.50. The zero-order valence-corrected chi connectivity index (χ0v) is 15.1. The first-order valence-corrected chi connectivity index (χ1v) is 8.21. The molecule has 0 bridgehead atoms. The van der Waals surface area contributed by atoms with Crippen molar-refractivity contribution in [2.75, 3.05) is 23.7 Å². The van der Waals surface area contributed by atoms with Gasteiger partial charge in [0.1, 0.15) is 5.60 Å². The van der Waals surface area contributed by atoms with Gasteiger partial charge < -0.3 is 15.4 Å². The van der Waals surface area contributed by atoms with E-state index in [1.165, 1.54) is 5.69 Å². The Kier molecular flexibility index (Phi) is 4.78. The minimum Gasteiger partial charge on any atom is -0.444 e. The lowest BCUT2D eigenvalue weighted by molar-refractivity contribution is 0.00566. The van der Waals surface area contributed by atoms with Gasteiger partial charge in [-0.05, 0) is 65.3 Å². The van der Waals surface area contributed by atoms with Gasteiger partial charge in [-0.15, -0.1) is 0 Å². The molecule has 1 heterocycles. The highest BCUT2D eigenvalue weighted by Gasteiger charge is 2.35. The van der Waals surface area contributed by atoms with Crippen LogP contribution in [0.1, 0.15) is 40.2 Å². The SMILES string of the molecule is Cc1cc(N)ccc1N1CC(C)N(C(=O)OC(C)(C)C)[C@H](C)C1. The van der Waals surface area contributed by atoms with Crippen LogP contribution < -0.4 is 10.6 Å². The molecule has 1 fully saturated rings. The van der Waals surface area contributed by atoms with Crippen molar-refractivity contribution in [3.63, 3.8) is 0 Å². The number of nitrogens with zero attached hydrogens (tertiary/aromatic N) is 2. The van der Waals surface area contributed by atoms with E-state index in [0.717, 1.165) is 24.3 Å². The molecule has 1 aromatic carbocycles. The van der Waals surface area contributed by atoms with E-state index in [1.807, 2.05) is 37.8 Å². The second kappa shape index (κ2) is 6.30. The molecule has 5 heteroatoms. The predicted octanol–water partition coefficient (Wildman–Crippen LogP) is 3.41. The normalized spacial score (nSPS) is 22.2. The molecule has 0 saturated carbocycles. The first-order chi connectivity index (χ1) is 10.6. The van der Waals surface area contributed by atoms with Crippen molar-refractivity contribution in [1.82, 2.24) is 4.90 Å². The molecular weight excluding hydrogens is 290 g/mol. The van der Waals surface area contributed by atoms with E-state index >= 15 is 0 Å². The standard InChI is InChI=1S/C18H29N3O2/c1-12-9-15(19)7-8-16(12)20-10-13(2)21(14(3)11-20)17(22)23-18(4,5)6/h7-9,13-14H,10-11,19H2,1-6H3/t13-,14?/m1/s1. The Labute approximate surface area is 139 Å². The molecule has 0 aromatic heterocycles. The summed E-state index contributed by atoms with van der Waals surface area (Å²) in [7, 11) is 0. The number of rotatable bonds is 1. The maximum absolute atomic E-state index is 12.5. The average molecular weight is 319 g/mol. The minimum absolute atomic E-state index is 0.0885. The summed E-state index contributed by atoms with van der Waals surface area (Å²) >= 11 is 0. The van der Waals surface area contributed by atoms with Gasteiger partial charge >= 0.3 is 6.09 Å². The predicted molar refractivity (Wildman–Crippen MR) is 94.8 cm³/mol. The third-order valence-electron chi connectivity index (χ3n) is 4.08. The molecule has 2 N–H and O–H groups in total. The van der Waals surface area contributed by atoms with Crippen LogP contribution in [0.3, 0.4) is 0 Å². The van der Waals surface area contributed by atoms with Crippen molar-refractivity contribution >= 4 is 17.5 Å². The van der Waals surface area contributed by atoms with Gasteiger partial charge in [-0.2, -0.15) is 0 Å². The molecule has 2 atom stereocenters. The molecule has 0 spiro atoms. The molecule has 2 rings (SSSR count). The number of ether oxygens (including phenoxy) is 1. The highest BCUT2D eigenvalue weighted by molar-refractivity contribution is 5.70. The van der Waals surface area contributed by atoms with Gasteiger partial charge in [-0.1, -0.05) is 0 Å². The molecule has 1 amide bonds. The number of benzene rings is 1. The van der Waals surface area contributed by atoms with E-state index in [9.17, 15) is 4.79 Å². The number of piperazine rings is 1. The molecule has 128 valence electrons. The van der Waals surface area contributed by atoms with E-state index in [1.54, 1.807) is 0 Å². The van der Waals surface area contributed by atoms with Crippen LogP contribution in [0, 0.1) is 6.92 Å². The van der Waals surface area contributed by atoms with Crippen molar-refractivity contribution < 1.29 is 9.53 Å². The first kappa shape index (κ1) is 17.4. The monoisotopic (exact) mass is 319 g/mol. The van der Waals surface area contributed by atoms with Crippen LogP contribution in [-0.4, -0.2) is 41.8 Å². The largest absolute Gasteiger partial charge is 0.444 e. The van der Waals surface area contributed by atoms with E-state index in [4.69, 9.17) is 10.5 Å². The highest BCUT2D eigenvalue weighted by Crippen LogP contribution is 2.27. The Hall–Kier alpha value is -1.91. The molecular formula is C18H29N3O2. The lowest BCUT2D eigenvalue weighted by Gasteiger charge is -2.45. The van der Waals surface area contributed by atoms with Gasteiger partial charge in [0.15, 0.2) is 0 Å². The van der Waals surface area contributed by atoms with Crippen LogP contribution in [0.2, 0.25) is 0 Å². The van der Waals surface area contributed by atoms with Crippen LogP contribution in [0.5, 0.6) is 0 Å². The zero-order chi connectivity index (χ0) is 17.4. The smallest absolute Gasteiger partial charge is 0.410 e. The fourth-order valence-corrected chi connectivity index (χ4v) is 3.23. The second-order valence-corrected chi connectivity index (χ2v) is 7.54. The average Bonchev–Trinajstić information content (AvgIpc) is 2.35. The summed E-state index contributed by atoms with van der Waals surface area (Å²) < 4.78 is 5.55. The van der Waals surface area contributed by atoms with Crippen LogP contribution >= 0.6 is 0 Å². The maximum Gasteiger partial charge on any atom is 0.410 e. The lowest BCUT2D eigenvalue weighted by atomic mass is 10.1. The topological polar surface area (TPSA) is 58.8 Å². The van der Waals surface area contributed by atoms with E-state index in [2.05, 4.69) is 31.7 Å². The van der Waals surface area contributed by atoms with Gasteiger partial charge in [0.05, 0.1) is 12.1 Å². The fourth-order valence-electron chi connectivity index (χ4n) is 3.23. The van der Waals surface area contributed by atoms with Crippen molar-refractivity contribution in [3.05, 3.63) is 23.8 Å². The van der Waals surface area contributed by atoms with Crippen LogP contribution in [0.15, 0.2) is 18.2 Å². The number of nitrogen functional groups attached to an aromatic ring is 1. The van der Waals surface area contributed by atoms with Crippen molar-refractivity contribution in [2.45, 2.75) is 59.2 Å². The Balaban J connectivity index is 2.14. The summed E-state index contributed by atoms with van der Waals surface area (Å²) in [6.07, 6.45) is -0.230. The quantitative estimate of drug-likeness (QED) is 0.806. The Morgan fingerprint density at radius 3 is 2.26 bits per heavy atom. The lowest BCUT2D eigenvalue weighted by Crippen LogP contribution is -2.59. The molecule has 1 aromatic rings. The van der Waals surface area contributed by atoms with Crippen LogP contribution in [0.25, 0.3) is 0 Å². The summed E-state index contributed by atoms with van der Waals surface area (Å²) in [6.45, 7) is 13.5. The number of anilines is 2. The van der Waals surface area contributed by atoms with Gasteiger partial charge in [0, 0.05) is 24.5 Å². The summed E-state index contributed by atoms with van der Waals surface area (Å²) in [4.78, 5) is 16.6. The van der Waals surface area contributed by atoms with Crippen molar-refractivity contribution in [1.29, 1.82) is 0 Å². The minimum atomic E-state index is -0.471. The number of carbonyl (C=O) groups excluding carboxylic acids is 1. The number of carbonyl (C=O) groups is 1. The summed E-state index contributed by atoms with van der Waals surface area (Å²) in [5.74, 6) is 0. The van der Waals surface area contributed by atoms with Gasteiger partial charge in [-0.25, -0.2) is 4.79 Å². The molecule has 1 aliphatic heterocycles. The third-order valence-corrected chi connectivity index (χ3v) is 4.08. The summed E-state index contributed by atoms with van der Waals surface area (Å²) in [5, 5.41) is 0. The molecule has 23 heavy (non-hydrogen) atoms. The number of aryl methyl sites for hydroxylation is 1. The molecule has 0 aliphatic carbocycles. The van der Waals surface area contributed by atoms with E-state index < -0.39 is 5.60 Å². The molecule has 1 saturated heterocycles. The van der Waals surface area contributed by atoms with Crippen LogP contribution in [-0.2, 0) is 4.74 Å². The van der Waals surface area contributed by atoms with Gasteiger partial charge in [0.2, 0.25) is 0 Å². The van der Waals surface area contributed by atoms with Crippen molar-refractivity contribution in [2.24, 2.45) is 0 Å². The number of amides is 1.